The summed E-state index contributed by atoms with van der Waals surface area (Å²) in [4.78, 5) is 69.9. The first-order valence-corrected chi connectivity index (χ1v) is 17.6. The van der Waals surface area contributed by atoms with Crippen LogP contribution in [-0.4, -0.2) is 68.0 Å². The minimum Gasteiger partial charge on any atom is -0.466 e. The summed E-state index contributed by atoms with van der Waals surface area (Å²) < 4.78 is 18.8. The van der Waals surface area contributed by atoms with Crippen LogP contribution in [0.4, 0.5) is 16.2 Å². The van der Waals surface area contributed by atoms with E-state index in [0.717, 1.165) is 67.7 Å². The van der Waals surface area contributed by atoms with Crippen LogP contribution in [0.2, 0.25) is 10.0 Å². The first kappa shape index (κ1) is 36.7. The fourth-order valence-corrected chi connectivity index (χ4v) is 11.0. The number of thioether (sulfide) groups is 3. The summed E-state index contributed by atoms with van der Waals surface area (Å²) in [5.74, 6) is -3.45. The van der Waals surface area contributed by atoms with E-state index < -0.39 is 39.5 Å². The molecule has 5 rings (SSSR count). The standard InChI is InChI=1S/C33H30Cl2N2O9S3/c1-14-11-17-20(12-15(14)2)37(31(42)36-16-9-10-18(34)19(35)13-16)32(3,4)26-21(17)33(22(27(38)43-5)23(47-26)28(39)44-6)48-24(29(40)45-7)25(49-33)30(41)46-8/h9-13H,1-8H3,(H,36,42). The maximum absolute atomic E-state index is 14.4. The van der Waals surface area contributed by atoms with Crippen LogP contribution in [0.15, 0.2) is 55.5 Å². The number of esters is 4. The van der Waals surface area contributed by atoms with Gasteiger partial charge in [-0.2, -0.15) is 0 Å². The van der Waals surface area contributed by atoms with Gasteiger partial charge in [0.1, 0.15) is 18.8 Å². The summed E-state index contributed by atoms with van der Waals surface area (Å²) in [5, 5.41) is 3.46. The van der Waals surface area contributed by atoms with Gasteiger partial charge in [-0.3, -0.25) is 4.90 Å². The smallest absolute Gasteiger partial charge is 0.345 e. The minimum absolute atomic E-state index is 0.133. The molecule has 3 aliphatic heterocycles. The number of benzene rings is 2. The Kier molecular flexibility index (Phi) is 10.2. The number of hydrogen-bond donors (Lipinski definition) is 1. The molecular weight excluding hydrogens is 735 g/mol. The number of rotatable bonds is 5. The number of anilines is 2. The third kappa shape index (κ3) is 6.01. The van der Waals surface area contributed by atoms with Crippen molar-refractivity contribution >= 4 is 105 Å². The zero-order valence-electron chi connectivity index (χ0n) is 27.5. The fraction of sp³-hybridized carbons (Fsp3) is 0.303. The van der Waals surface area contributed by atoms with Crippen LogP contribution in [0.1, 0.15) is 30.5 Å². The molecule has 2 aromatic rings. The molecule has 0 fully saturated rings. The predicted molar refractivity (Wildman–Crippen MR) is 192 cm³/mol. The Morgan fingerprint density at radius 1 is 0.735 bits per heavy atom. The quantitative estimate of drug-likeness (QED) is 0.243. The number of nitrogens with zero attached hydrogens (tertiary/aromatic N) is 1. The second-order valence-corrected chi connectivity index (χ2v) is 15.9. The number of urea groups is 1. The van der Waals surface area contributed by atoms with Gasteiger partial charge in [0.05, 0.1) is 55.3 Å². The molecule has 0 aromatic heterocycles. The summed E-state index contributed by atoms with van der Waals surface area (Å²) in [6, 6.07) is 7.87. The van der Waals surface area contributed by atoms with Crippen molar-refractivity contribution in [2.24, 2.45) is 0 Å². The van der Waals surface area contributed by atoms with Gasteiger partial charge in [0.2, 0.25) is 0 Å². The molecule has 0 unspecified atom stereocenters. The summed E-state index contributed by atoms with van der Waals surface area (Å²) >= 11 is 15.0. The van der Waals surface area contributed by atoms with Crippen molar-refractivity contribution in [3.8, 4) is 0 Å². The number of fused-ring (bicyclic) bond motifs is 3. The normalized spacial score (nSPS) is 17.4. The number of carbonyl (C=O) groups is 5. The van der Waals surface area contributed by atoms with E-state index >= 15 is 0 Å². The SMILES string of the molecule is COC(=O)C1=C(C(=O)OC)SC2(S1)C(C(=O)OC)=C(C(=O)OC)SC1=C2c2cc(C)c(C)cc2N(C(=O)Nc2ccc(Cl)c(Cl)c2)C1(C)C. The van der Waals surface area contributed by atoms with Crippen molar-refractivity contribution in [3.63, 3.8) is 0 Å². The largest absolute Gasteiger partial charge is 0.466 e. The van der Waals surface area contributed by atoms with E-state index in [2.05, 4.69) is 5.32 Å². The summed E-state index contributed by atoms with van der Waals surface area (Å²) in [5.41, 5.74) is 2.14. The Balaban J connectivity index is 1.85. The summed E-state index contributed by atoms with van der Waals surface area (Å²) in [7, 11) is 4.65. The Labute approximate surface area is 305 Å². The topological polar surface area (TPSA) is 138 Å². The molecule has 0 aliphatic carbocycles. The number of ether oxygens (including phenoxy) is 4. The average molecular weight is 766 g/mol. The van der Waals surface area contributed by atoms with Crippen molar-refractivity contribution in [2.75, 3.05) is 38.7 Å². The highest BCUT2D eigenvalue weighted by Gasteiger charge is 2.62. The van der Waals surface area contributed by atoms with Gasteiger partial charge in [-0.05, 0) is 69.2 Å². The average Bonchev–Trinajstić information content (AvgIpc) is 3.46. The highest BCUT2D eigenvalue weighted by Crippen LogP contribution is 2.71. The molecule has 0 saturated carbocycles. The first-order valence-electron chi connectivity index (χ1n) is 14.4. The molecule has 1 spiro atoms. The third-order valence-electron chi connectivity index (χ3n) is 8.13. The number of halogens is 2. The Morgan fingerprint density at radius 3 is 1.80 bits per heavy atom. The van der Waals surface area contributed by atoms with Gasteiger partial charge in [0.15, 0.2) is 0 Å². The van der Waals surface area contributed by atoms with Gasteiger partial charge < -0.3 is 24.3 Å². The number of carbonyl (C=O) groups excluding carboxylic acids is 5. The Morgan fingerprint density at radius 2 is 1.27 bits per heavy atom. The molecular formula is C33H30Cl2N2O9S3. The lowest BCUT2D eigenvalue weighted by Gasteiger charge is -2.50. The zero-order chi connectivity index (χ0) is 36.2. The number of amides is 2. The van der Waals surface area contributed by atoms with Crippen LogP contribution in [-0.2, 0) is 38.1 Å². The number of aryl methyl sites for hydroxylation is 2. The van der Waals surface area contributed by atoms with Crippen LogP contribution >= 0.6 is 58.5 Å². The molecule has 0 bridgehead atoms. The second-order valence-electron chi connectivity index (χ2n) is 11.4. The van der Waals surface area contributed by atoms with E-state index in [9.17, 15) is 24.0 Å². The van der Waals surface area contributed by atoms with E-state index in [1.165, 1.54) is 13.2 Å². The Bertz CT molecular complexity index is 1930. The molecule has 2 amide bonds. The molecule has 0 radical (unpaired) electrons. The van der Waals surface area contributed by atoms with Gasteiger partial charge in [-0.1, -0.05) is 58.5 Å². The van der Waals surface area contributed by atoms with Crippen molar-refractivity contribution in [1.82, 2.24) is 0 Å². The number of nitrogens with one attached hydrogen (secondary N) is 1. The van der Waals surface area contributed by atoms with Gasteiger partial charge in [0, 0.05) is 21.7 Å². The highest BCUT2D eigenvalue weighted by molar-refractivity contribution is 8.26. The molecule has 3 heterocycles. The van der Waals surface area contributed by atoms with E-state index in [1.54, 1.807) is 30.9 Å². The molecule has 3 aliphatic rings. The van der Waals surface area contributed by atoms with E-state index in [4.69, 9.17) is 42.1 Å². The van der Waals surface area contributed by atoms with Crippen LogP contribution in [0.25, 0.3) is 5.57 Å². The first-order chi connectivity index (χ1) is 23.1. The lowest BCUT2D eigenvalue weighted by Crippen LogP contribution is -2.55. The molecule has 49 heavy (non-hydrogen) atoms. The van der Waals surface area contributed by atoms with Crippen molar-refractivity contribution in [2.45, 2.75) is 37.3 Å². The molecule has 16 heteroatoms. The van der Waals surface area contributed by atoms with Crippen LogP contribution < -0.4 is 10.2 Å². The van der Waals surface area contributed by atoms with Crippen LogP contribution in [0, 0.1) is 13.8 Å². The van der Waals surface area contributed by atoms with Gasteiger partial charge >= 0.3 is 29.9 Å². The summed E-state index contributed by atoms with van der Waals surface area (Å²) in [6.07, 6.45) is 0. The maximum atomic E-state index is 14.4. The van der Waals surface area contributed by atoms with Crippen molar-refractivity contribution < 1.29 is 42.9 Å². The number of hydrogen-bond acceptors (Lipinski definition) is 12. The maximum Gasteiger partial charge on any atom is 0.345 e. The molecule has 1 N–H and O–H groups in total. The molecule has 2 aromatic carbocycles. The predicted octanol–water partition coefficient (Wildman–Crippen LogP) is 7.23. The molecule has 258 valence electrons. The van der Waals surface area contributed by atoms with Crippen LogP contribution in [0.3, 0.4) is 0 Å². The van der Waals surface area contributed by atoms with E-state index in [0.29, 0.717) is 32.4 Å². The van der Waals surface area contributed by atoms with Crippen LogP contribution in [0.5, 0.6) is 0 Å². The van der Waals surface area contributed by atoms with Gasteiger partial charge in [-0.15, -0.1) is 0 Å². The zero-order valence-corrected chi connectivity index (χ0v) is 31.5. The van der Waals surface area contributed by atoms with Gasteiger partial charge in [-0.25, -0.2) is 24.0 Å². The van der Waals surface area contributed by atoms with Gasteiger partial charge in [0.25, 0.3) is 0 Å². The van der Waals surface area contributed by atoms with Crippen molar-refractivity contribution in [1.29, 1.82) is 0 Å². The minimum atomic E-state index is -1.69. The lowest BCUT2D eigenvalue weighted by atomic mass is 9.82. The number of methoxy groups -OCH3 is 4. The van der Waals surface area contributed by atoms with Crippen molar-refractivity contribution in [3.05, 3.63) is 82.3 Å². The Hall–Kier alpha value is -3.56. The molecule has 11 nitrogen and oxygen atoms in total. The van der Waals surface area contributed by atoms with E-state index in [1.807, 2.05) is 26.0 Å². The lowest BCUT2D eigenvalue weighted by molar-refractivity contribution is -0.138. The highest BCUT2D eigenvalue weighted by atomic mass is 35.5. The second kappa shape index (κ2) is 13.6. The fourth-order valence-electron chi connectivity index (χ4n) is 5.69. The van der Waals surface area contributed by atoms with E-state index in [-0.39, 0.29) is 25.3 Å². The molecule has 0 atom stereocenters. The molecule has 0 saturated heterocycles. The third-order valence-corrected chi connectivity index (χ3v) is 13.5. The monoisotopic (exact) mass is 764 g/mol. The summed E-state index contributed by atoms with van der Waals surface area (Å²) in [6.45, 7) is 7.36.